The molecule has 1 heterocycles. The Kier molecular flexibility index (Phi) is 3.94. The summed E-state index contributed by atoms with van der Waals surface area (Å²) in [6.07, 6.45) is 3.99. The average molecular weight is 229 g/mol. The molecule has 0 aliphatic heterocycles. The van der Waals surface area contributed by atoms with Crippen LogP contribution in [0.2, 0.25) is 0 Å². The maximum atomic E-state index is 5.55. The van der Waals surface area contributed by atoms with Gasteiger partial charge in [0, 0.05) is 19.2 Å². The molecule has 0 saturated carbocycles. The van der Waals surface area contributed by atoms with Gasteiger partial charge in [-0.15, -0.1) is 0 Å². The number of imidazole rings is 1. The maximum Gasteiger partial charge on any atom is 0.113 e. The van der Waals surface area contributed by atoms with Gasteiger partial charge in [0.2, 0.25) is 0 Å². The first-order valence-electron chi connectivity index (χ1n) is 6.06. The third-order valence-corrected chi connectivity index (χ3v) is 2.79. The second-order valence-electron chi connectivity index (χ2n) is 4.30. The minimum absolute atomic E-state index is 0.724. The van der Waals surface area contributed by atoms with E-state index in [9.17, 15) is 0 Å². The fourth-order valence-corrected chi connectivity index (χ4v) is 1.97. The maximum absolute atomic E-state index is 5.55. The van der Waals surface area contributed by atoms with Crippen molar-refractivity contribution in [2.75, 3.05) is 6.54 Å². The molecule has 0 unspecified atom stereocenters. The Morgan fingerprint density at radius 3 is 2.71 bits per heavy atom. The molecule has 2 rings (SSSR count). The Labute approximate surface area is 102 Å². The second kappa shape index (κ2) is 5.64. The lowest BCUT2D eigenvalue weighted by atomic mass is 10.1. The SMILES string of the molecule is Cc1cn(CCCN)c(Cc2ccccc2)n1. The van der Waals surface area contributed by atoms with Gasteiger partial charge in [0.1, 0.15) is 5.82 Å². The third-order valence-electron chi connectivity index (χ3n) is 2.79. The van der Waals surface area contributed by atoms with Crippen molar-refractivity contribution in [3.8, 4) is 0 Å². The highest BCUT2D eigenvalue weighted by Crippen LogP contribution is 2.10. The number of benzene rings is 1. The van der Waals surface area contributed by atoms with Gasteiger partial charge in [0.25, 0.3) is 0 Å². The zero-order valence-electron chi connectivity index (χ0n) is 10.3. The lowest BCUT2D eigenvalue weighted by molar-refractivity contribution is 0.624. The van der Waals surface area contributed by atoms with Gasteiger partial charge in [-0.05, 0) is 25.5 Å². The van der Waals surface area contributed by atoms with Crippen LogP contribution < -0.4 is 5.73 Å². The molecule has 2 aromatic rings. The van der Waals surface area contributed by atoms with Crippen molar-refractivity contribution in [2.24, 2.45) is 5.73 Å². The van der Waals surface area contributed by atoms with Crippen LogP contribution in [-0.2, 0) is 13.0 Å². The Balaban J connectivity index is 2.14. The molecular weight excluding hydrogens is 210 g/mol. The van der Waals surface area contributed by atoms with Gasteiger partial charge in [-0.2, -0.15) is 0 Å². The fraction of sp³-hybridized carbons (Fsp3) is 0.357. The zero-order valence-corrected chi connectivity index (χ0v) is 10.3. The molecule has 0 saturated heterocycles. The molecule has 0 bridgehead atoms. The number of rotatable bonds is 5. The van der Waals surface area contributed by atoms with Crippen LogP contribution in [0.5, 0.6) is 0 Å². The number of hydrogen-bond acceptors (Lipinski definition) is 2. The Hall–Kier alpha value is -1.61. The summed E-state index contributed by atoms with van der Waals surface area (Å²) in [5.74, 6) is 1.13. The summed E-state index contributed by atoms with van der Waals surface area (Å²) in [6, 6.07) is 10.4. The smallest absolute Gasteiger partial charge is 0.113 e. The lowest BCUT2D eigenvalue weighted by Crippen LogP contribution is -2.08. The summed E-state index contributed by atoms with van der Waals surface area (Å²) in [5.41, 5.74) is 7.93. The topological polar surface area (TPSA) is 43.8 Å². The highest BCUT2D eigenvalue weighted by Gasteiger charge is 2.05. The average Bonchev–Trinajstić information content (AvgIpc) is 2.68. The van der Waals surface area contributed by atoms with Crippen molar-refractivity contribution in [3.05, 3.63) is 53.6 Å². The summed E-state index contributed by atoms with van der Waals surface area (Å²) >= 11 is 0. The zero-order chi connectivity index (χ0) is 12.1. The second-order valence-corrected chi connectivity index (χ2v) is 4.30. The molecule has 0 amide bonds. The normalized spacial score (nSPS) is 10.7. The molecule has 1 aromatic carbocycles. The van der Waals surface area contributed by atoms with Crippen molar-refractivity contribution in [1.29, 1.82) is 0 Å². The molecular formula is C14H19N3. The summed E-state index contributed by atoms with van der Waals surface area (Å²) in [5, 5.41) is 0. The van der Waals surface area contributed by atoms with E-state index in [0.717, 1.165) is 37.4 Å². The van der Waals surface area contributed by atoms with Crippen LogP contribution in [0.15, 0.2) is 36.5 Å². The molecule has 0 spiro atoms. The Bertz CT molecular complexity index is 460. The van der Waals surface area contributed by atoms with Gasteiger partial charge in [0.05, 0.1) is 5.69 Å². The van der Waals surface area contributed by atoms with E-state index in [1.807, 2.05) is 13.0 Å². The van der Waals surface area contributed by atoms with Crippen LogP contribution in [0, 0.1) is 6.92 Å². The lowest BCUT2D eigenvalue weighted by Gasteiger charge is -2.06. The first-order chi connectivity index (χ1) is 8.29. The van der Waals surface area contributed by atoms with Crippen LogP contribution in [0.25, 0.3) is 0 Å². The predicted octanol–water partition coefficient (Wildman–Crippen LogP) is 2.13. The molecule has 2 N–H and O–H groups in total. The summed E-state index contributed by atoms with van der Waals surface area (Å²) < 4.78 is 2.22. The minimum Gasteiger partial charge on any atom is -0.334 e. The van der Waals surface area contributed by atoms with Gasteiger partial charge < -0.3 is 10.3 Å². The fourth-order valence-electron chi connectivity index (χ4n) is 1.97. The first-order valence-corrected chi connectivity index (χ1v) is 6.06. The third kappa shape index (κ3) is 3.17. The van der Waals surface area contributed by atoms with Crippen molar-refractivity contribution < 1.29 is 0 Å². The van der Waals surface area contributed by atoms with Crippen molar-refractivity contribution >= 4 is 0 Å². The molecule has 0 aliphatic carbocycles. The molecule has 3 heteroatoms. The molecule has 17 heavy (non-hydrogen) atoms. The predicted molar refractivity (Wildman–Crippen MR) is 69.9 cm³/mol. The summed E-state index contributed by atoms with van der Waals surface area (Å²) in [6.45, 7) is 3.72. The molecule has 3 nitrogen and oxygen atoms in total. The van der Waals surface area contributed by atoms with E-state index < -0.39 is 0 Å². The summed E-state index contributed by atoms with van der Waals surface area (Å²) in [7, 11) is 0. The van der Waals surface area contributed by atoms with Gasteiger partial charge in [-0.1, -0.05) is 30.3 Å². The highest BCUT2D eigenvalue weighted by atomic mass is 15.1. The largest absolute Gasteiger partial charge is 0.334 e. The number of nitrogens with two attached hydrogens (primary N) is 1. The van der Waals surface area contributed by atoms with Crippen molar-refractivity contribution in [3.63, 3.8) is 0 Å². The van der Waals surface area contributed by atoms with E-state index in [4.69, 9.17) is 5.73 Å². The molecule has 0 radical (unpaired) electrons. The Morgan fingerprint density at radius 2 is 2.00 bits per heavy atom. The molecule has 90 valence electrons. The Morgan fingerprint density at radius 1 is 1.24 bits per heavy atom. The van der Waals surface area contributed by atoms with Gasteiger partial charge in [-0.25, -0.2) is 4.98 Å². The number of nitrogens with zero attached hydrogens (tertiary/aromatic N) is 2. The van der Waals surface area contributed by atoms with Crippen LogP contribution in [0.4, 0.5) is 0 Å². The van der Waals surface area contributed by atoms with Crippen LogP contribution >= 0.6 is 0 Å². The number of aryl methyl sites for hydroxylation is 2. The molecule has 0 fully saturated rings. The van der Waals surface area contributed by atoms with E-state index >= 15 is 0 Å². The highest BCUT2D eigenvalue weighted by molar-refractivity contribution is 5.20. The summed E-state index contributed by atoms with van der Waals surface area (Å²) in [4.78, 5) is 4.58. The minimum atomic E-state index is 0.724. The van der Waals surface area contributed by atoms with Gasteiger partial charge in [-0.3, -0.25) is 0 Å². The van der Waals surface area contributed by atoms with E-state index in [-0.39, 0.29) is 0 Å². The number of aromatic nitrogens is 2. The molecule has 0 atom stereocenters. The van der Waals surface area contributed by atoms with E-state index in [1.165, 1.54) is 5.56 Å². The van der Waals surface area contributed by atoms with Crippen molar-refractivity contribution in [2.45, 2.75) is 26.3 Å². The van der Waals surface area contributed by atoms with Crippen LogP contribution in [0.3, 0.4) is 0 Å². The van der Waals surface area contributed by atoms with Crippen molar-refractivity contribution in [1.82, 2.24) is 9.55 Å². The van der Waals surface area contributed by atoms with Crippen LogP contribution in [0.1, 0.15) is 23.5 Å². The van der Waals surface area contributed by atoms with Crippen LogP contribution in [-0.4, -0.2) is 16.1 Å². The van der Waals surface area contributed by atoms with E-state index in [0.29, 0.717) is 0 Å². The van der Waals surface area contributed by atoms with Gasteiger partial charge >= 0.3 is 0 Å². The number of hydrogen-bond donors (Lipinski definition) is 1. The van der Waals surface area contributed by atoms with E-state index in [2.05, 4.69) is 40.0 Å². The molecule has 0 aliphatic rings. The molecule has 1 aromatic heterocycles. The quantitative estimate of drug-likeness (QED) is 0.853. The standard InChI is InChI=1S/C14H19N3/c1-12-11-17(9-5-8-15)14(16-12)10-13-6-3-2-4-7-13/h2-4,6-7,11H,5,8-10,15H2,1H3. The van der Waals surface area contributed by atoms with Gasteiger partial charge in [0.15, 0.2) is 0 Å². The monoisotopic (exact) mass is 229 g/mol. The first kappa shape index (κ1) is 11.9. The van der Waals surface area contributed by atoms with E-state index in [1.54, 1.807) is 0 Å².